The molecule has 0 saturated heterocycles. The van der Waals surface area contributed by atoms with Gasteiger partial charge < -0.3 is 15.2 Å². The van der Waals surface area contributed by atoms with Gasteiger partial charge in [0, 0.05) is 30.7 Å². The van der Waals surface area contributed by atoms with E-state index in [0.29, 0.717) is 24.4 Å². The van der Waals surface area contributed by atoms with Gasteiger partial charge in [-0.2, -0.15) is 0 Å². The van der Waals surface area contributed by atoms with E-state index in [1.54, 1.807) is 7.11 Å². The molecule has 2 aromatic rings. The number of carbonyl (C=O) groups excluding carboxylic acids is 1. The Balaban J connectivity index is 1.76. The van der Waals surface area contributed by atoms with E-state index in [9.17, 15) is 9.90 Å². The SMILES string of the molecule is COCC(O)CCNC(=O)c1cc(C2CC2)nc2ccccc12. The van der Waals surface area contributed by atoms with Crippen molar-refractivity contribution in [2.45, 2.75) is 31.3 Å². The highest BCUT2D eigenvalue weighted by Crippen LogP contribution is 2.40. The first-order valence-electron chi connectivity index (χ1n) is 8.04. The fraction of sp³-hybridized carbons (Fsp3) is 0.444. The van der Waals surface area contributed by atoms with Crippen LogP contribution in [0.3, 0.4) is 0 Å². The number of benzene rings is 1. The molecule has 5 nitrogen and oxygen atoms in total. The summed E-state index contributed by atoms with van der Waals surface area (Å²) in [6.07, 6.45) is 2.21. The van der Waals surface area contributed by atoms with Gasteiger partial charge in [0.1, 0.15) is 0 Å². The van der Waals surface area contributed by atoms with Crippen LogP contribution in [0.15, 0.2) is 30.3 Å². The van der Waals surface area contributed by atoms with E-state index in [4.69, 9.17) is 4.74 Å². The highest BCUT2D eigenvalue weighted by atomic mass is 16.5. The number of hydrogen-bond donors (Lipinski definition) is 2. The minimum absolute atomic E-state index is 0.116. The first kappa shape index (κ1) is 15.9. The van der Waals surface area contributed by atoms with Crippen molar-refractivity contribution in [2.75, 3.05) is 20.3 Å². The van der Waals surface area contributed by atoms with Crippen LogP contribution in [0.1, 0.15) is 41.2 Å². The van der Waals surface area contributed by atoms with Gasteiger partial charge in [-0.1, -0.05) is 18.2 Å². The van der Waals surface area contributed by atoms with Gasteiger partial charge in [0.2, 0.25) is 0 Å². The van der Waals surface area contributed by atoms with E-state index in [2.05, 4.69) is 10.3 Å². The van der Waals surface area contributed by atoms with Gasteiger partial charge in [-0.05, 0) is 31.4 Å². The summed E-state index contributed by atoms with van der Waals surface area (Å²) in [6, 6.07) is 9.64. The second kappa shape index (κ2) is 7.06. The molecule has 5 heteroatoms. The number of fused-ring (bicyclic) bond motifs is 1. The van der Waals surface area contributed by atoms with Crippen LogP contribution in [0.2, 0.25) is 0 Å². The third-order valence-corrected chi connectivity index (χ3v) is 4.10. The first-order valence-corrected chi connectivity index (χ1v) is 8.04. The largest absolute Gasteiger partial charge is 0.391 e. The number of ether oxygens (including phenoxy) is 1. The lowest BCUT2D eigenvalue weighted by molar-refractivity contribution is 0.0588. The van der Waals surface area contributed by atoms with Crippen LogP contribution in [0.5, 0.6) is 0 Å². The van der Waals surface area contributed by atoms with E-state index < -0.39 is 6.10 Å². The van der Waals surface area contributed by atoms with Crippen LogP contribution >= 0.6 is 0 Å². The zero-order valence-electron chi connectivity index (χ0n) is 13.3. The van der Waals surface area contributed by atoms with Gasteiger partial charge in [0.05, 0.1) is 23.8 Å². The van der Waals surface area contributed by atoms with Crippen molar-refractivity contribution in [2.24, 2.45) is 0 Å². The summed E-state index contributed by atoms with van der Waals surface area (Å²) in [7, 11) is 1.55. The van der Waals surface area contributed by atoms with Gasteiger partial charge in [-0.25, -0.2) is 0 Å². The van der Waals surface area contributed by atoms with E-state index in [0.717, 1.165) is 29.4 Å². The van der Waals surface area contributed by atoms with Crippen molar-refractivity contribution in [3.05, 3.63) is 41.6 Å². The summed E-state index contributed by atoms with van der Waals surface area (Å²) in [4.78, 5) is 17.2. The highest BCUT2D eigenvalue weighted by Gasteiger charge is 2.26. The molecule has 122 valence electrons. The molecule has 23 heavy (non-hydrogen) atoms. The second-order valence-corrected chi connectivity index (χ2v) is 6.04. The van der Waals surface area contributed by atoms with E-state index in [1.807, 2.05) is 30.3 Å². The molecule has 1 fully saturated rings. The Labute approximate surface area is 135 Å². The predicted octanol–water partition coefficient (Wildman–Crippen LogP) is 2.24. The number of para-hydroxylation sites is 1. The van der Waals surface area contributed by atoms with E-state index >= 15 is 0 Å². The summed E-state index contributed by atoms with van der Waals surface area (Å²) in [5.41, 5.74) is 2.54. The Morgan fingerprint density at radius 1 is 1.43 bits per heavy atom. The number of methoxy groups -OCH3 is 1. The van der Waals surface area contributed by atoms with Gasteiger partial charge in [-0.3, -0.25) is 9.78 Å². The Morgan fingerprint density at radius 3 is 2.96 bits per heavy atom. The molecule has 2 N–H and O–H groups in total. The minimum Gasteiger partial charge on any atom is -0.391 e. The van der Waals surface area contributed by atoms with Gasteiger partial charge in [-0.15, -0.1) is 0 Å². The normalized spacial score (nSPS) is 15.6. The van der Waals surface area contributed by atoms with Crippen LogP contribution in [0.4, 0.5) is 0 Å². The molecular formula is C18H22N2O3. The molecule has 0 radical (unpaired) electrons. The monoisotopic (exact) mass is 314 g/mol. The van der Waals surface area contributed by atoms with Crippen molar-refractivity contribution in [3.8, 4) is 0 Å². The van der Waals surface area contributed by atoms with Gasteiger partial charge >= 0.3 is 0 Å². The zero-order chi connectivity index (χ0) is 16.2. The number of carbonyl (C=O) groups is 1. The number of aliphatic hydroxyl groups excluding tert-OH is 1. The zero-order valence-corrected chi connectivity index (χ0v) is 13.3. The van der Waals surface area contributed by atoms with Crippen LogP contribution in [0, 0.1) is 0 Å². The van der Waals surface area contributed by atoms with Crippen molar-refractivity contribution < 1.29 is 14.6 Å². The molecule has 1 amide bonds. The van der Waals surface area contributed by atoms with Gasteiger partial charge in [0.15, 0.2) is 0 Å². The number of nitrogens with zero attached hydrogens (tertiary/aromatic N) is 1. The Bertz CT molecular complexity index is 698. The molecule has 1 aromatic carbocycles. The number of amides is 1. The topological polar surface area (TPSA) is 71.5 Å². The molecule has 1 aliphatic carbocycles. The fourth-order valence-corrected chi connectivity index (χ4v) is 2.70. The number of aliphatic hydroxyl groups is 1. The quantitative estimate of drug-likeness (QED) is 0.822. The number of hydrogen-bond acceptors (Lipinski definition) is 4. The molecule has 1 unspecified atom stereocenters. The number of rotatable bonds is 7. The Morgan fingerprint density at radius 2 is 2.22 bits per heavy atom. The van der Waals surface area contributed by atoms with Crippen LogP contribution < -0.4 is 5.32 Å². The molecule has 3 rings (SSSR count). The molecular weight excluding hydrogens is 292 g/mol. The molecule has 1 saturated carbocycles. The van der Waals surface area contributed by atoms with Crippen molar-refractivity contribution in [1.29, 1.82) is 0 Å². The summed E-state index contributed by atoms with van der Waals surface area (Å²) < 4.78 is 4.88. The lowest BCUT2D eigenvalue weighted by Crippen LogP contribution is -2.28. The van der Waals surface area contributed by atoms with Crippen LogP contribution in [0.25, 0.3) is 10.9 Å². The van der Waals surface area contributed by atoms with Crippen LogP contribution in [-0.2, 0) is 4.74 Å². The summed E-state index contributed by atoms with van der Waals surface area (Å²) in [5.74, 6) is 0.379. The minimum atomic E-state index is -0.559. The lowest BCUT2D eigenvalue weighted by Gasteiger charge is -2.12. The number of nitrogens with one attached hydrogen (secondary N) is 1. The molecule has 0 aliphatic heterocycles. The maximum atomic E-state index is 12.5. The van der Waals surface area contributed by atoms with Crippen LogP contribution in [-0.4, -0.2) is 42.4 Å². The molecule has 1 atom stereocenters. The highest BCUT2D eigenvalue weighted by molar-refractivity contribution is 6.06. The lowest BCUT2D eigenvalue weighted by atomic mass is 10.1. The fourth-order valence-electron chi connectivity index (χ4n) is 2.70. The molecule has 0 spiro atoms. The summed E-state index contributed by atoms with van der Waals surface area (Å²) >= 11 is 0. The smallest absolute Gasteiger partial charge is 0.252 e. The summed E-state index contributed by atoms with van der Waals surface area (Å²) in [5, 5.41) is 13.4. The van der Waals surface area contributed by atoms with E-state index in [1.165, 1.54) is 0 Å². The van der Waals surface area contributed by atoms with E-state index in [-0.39, 0.29) is 12.5 Å². The Kier molecular flexibility index (Phi) is 4.88. The average Bonchev–Trinajstić information content (AvgIpc) is 3.39. The second-order valence-electron chi connectivity index (χ2n) is 6.04. The maximum absolute atomic E-state index is 12.5. The third kappa shape index (κ3) is 3.86. The van der Waals surface area contributed by atoms with Crippen molar-refractivity contribution >= 4 is 16.8 Å². The number of pyridine rings is 1. The summed E-state index contributed by atoms with van der Waals surface area (Å²) in [6.45, 7) is 0.693. The van der Waals surface area contributed by atoms with Crippen molar-refractivity contribution in [3.63, 3.8) is 0 Å². The van der Waals surface area contributed by atoms with Crippen molar-refractivity contribution in [1.82, 2.24) is 10.3 Å². The predicted molar refractivity (Wildman–Crippen MR) is 88.6 cm³/mol. The maximum Gasteiger partial charge on any atom is 0.252 e. The standard InChI is InChI=1S/C18H22N2O3/c1-23-11-13(21)8-9-19-18(22)15-10-17(12-6-7-12)20-16-5-3-2-4-14(15)16/h2-5,10,12-13,21H,6-9,11H2,1H3,(H,19,22). The Hall–Kier alpha value is -1.98. The molecule has 1 aliphatic rings. The molecule has 0 bridgehead atoms. The third-order valence-electron chi connectivity index (χ3n) is 4.10. The van der Waals surface area contributed by atoms with Gasteiger partial charge in [0.25, 0.3) is 5.91 Å². The average molecular weight is 314 g/mol. The molecule has 1 aromatic heterocycles. The number of aromatic nitrogens is 1. The first-order chi connectivity index (χ1) is 11.2. The molecule has 1 heterocycles.